The van der Waals surface area contributed by atoms with Gasteiger partial charge in [-0.2, -0.15) is 0 Å². The fraction of sp³-hybridized carbons (Fsp3) is 0.611. The SMILES string of the molecule is CC1CCCC1C(=O)Cc1ccc(C(C)(C)C)cc1. The standard InChI is InChI=1S/C18H26O/c1-13-6-5-7-16(13)17(19)12-14-8-10-15(11-9-14)18(2,3)4/h8-11,13,16H,5-7,12H2,1-4H3. The van der Waals surface area contributed by atoms with Crippen LogP contribution in [0.15, 0.2) is 24.3 Å². The first kappa shape index (κ1) is 14.3. The molecule has 2 atom stereocenters. The lowest BCUT2D eigenvalue weighted by molar-refractivity contribution is -0.123. The van der Waals surface area contributed by atoms with Gasteiger partial charge < -0.3 is 0 Å². The number of Topliss-reactive ketones (excluding diaryl/α,β-unsaturated/α-hetero) is 1. The molecule has 0 aromatic heterocycles. The van der Waals surface area contributed by atoms with E-state index in [-0.39, 0.29) is 5.41 Å². The van der Waals surface area contributed by atoms with Crippen LogP contribution in [0.4, 0.5) is 0 Å². The van der Waals surface area contributed by atoms with Crippen LogP contribution in [0, 0.1) is 11.8 Å². The Kier molecular flexibility index (Phi) is 4.13. The van der Waals surface area contributed by atoms with Crippen molar-refractivity contribution in [3.05, 3.63) is 35.4 Å². The molecule has 1 aromatic rings. The van der Waals surface area contributed by atoms with Crippen LogP contribution in [0.1, 0.15) is 58.1 Å². The molecule has 0 saturated heterocycles. The minimum absolute atomic E-state index is 0.183. The van der Waals surface area contributed by atoms with Gasteiger partial charge in [0.05, 0.1) is 0 Å². The highest BCUT2D eigenvalue weighted by Crippen LogP contribution is 2.32. The van der Waals surface area contributed by atoms with E-state index in [9.17, 15) is 4.79 Å². The number of hydrogen-bond donors (Lipinski definition) is 0. The van der Waals surface area contributed by atoms with Crippen molar-refractivity contribution < 1.29 is 4.79 Å². The average Bonchev–Trinajstić information content (AvgIpc) is 2.75. The van der Waals surface area contributed by atoms with Gasteiger partial charge in [-0.25, -0.2) is 0 Å². The van der Waals surface area contributed by atoms with Gasteiger partial charge in [0.1, 0.15) is 5.78 Å². The average molecular weight is 258 g/mol. The number of carbonyl (C=O) groups is 1. The number of carbonyl (C=O) groups excluding carboxylic acids is 1. The molecular weight excluding hydrogens is 232 g/mol. The van der Waals surface area contributed by atoms with Gasteiger partial charge in [-0.1, -0.05) is 58.4 Å². The summed E-state index contributed by atoms with van der Waals surface area (Å²) in [6.45, 7) is 8.87. The van der Waals surface area contributed by atoms with Gasteiger partial charge in [-0.3, -0.25) is 4.79 Å². The van der Waals surface area contributed by atoms with Crippen LogP contribution < -0.4 is 0 Å². The van der Waals surface area contributed by atoms with Crippen molar-refractivity contribution in [2.24, 2.45) is 11.8 Å². The smallest absolute Gasteiger partial charge is 0.140 e. The van der Waals surface area contributed by atoms with Crippen molar-refractivity contribution in [3.63, 3.8) is 0 Å². The van der Waals surface area contributed by atoms with Gasteiger partial charge >= 0.3 is 0 Å². The lowest BCUT2D eigenvalue weighted by Crippen LogP contribution is -2.19. The third-order valence-electron chi connectivity index (χ3n) is 4.47. The van der Waals surface area contributed by atoms with Crippen LogP contribution in [-0.4, -0.2) is 5.78 Å². The Bertz CT molecular complexity index is 436. The van der Waals surface area contributed by atoms with Gasteiger partial charge in [-0.15, -0.1) is 0 Å². The summed E-state index contributed by atoms with van der Waals surface area (Å²) in [7, 11) is 0. The molecule has 1 aliphatic carbocycles. The van der Waals surface area contributed by atoms with Crippen LogP contribution >= 0.6 is 0 Å². The number of ketones is 1. The molecule has 1 heteroatoms. The zero-order valence-corrected chi connectivity index (χ0v) is 12.7. The predicted octanol–water partition coefficient (Wildman–Crippen LogP) is 4.53. The van der Waals surface area contributed by atoms with Gasteiger partial charge in [-0.05, 0) is 35.3 Å². The second kappa shape index (κ2) is 5.48. The molecule has 1 nitrogen and oxygen atoms in total. The highest BCUT2D eigenvalue weighted by molar-refractivity contribution is 5.83. The van der Waals surface area contributed by atoms with Crippen LogP contribution in [0.3, 0.4) is 0 Å². The molecule has 0 amide bonds. The second-order valence-electron chi connectivity index (χ2n) is 7.10. The molecule has 1 fully saturated rings. The summed E-state index contributed by atoms with van der Waals surface area (Å²) in [6.07, 6.45) is 4.15. The largest absolute Gasteiger partial charge is 0.299 e. The molecule has 1 aliphatic rings. The van der Waals surface area contributed by atoms with Gasteiger partial charge in [0.25, 0.3) is 0 Å². The normalized spacial score (nSPS) is 23.6. The molecular formula is C18H26O. The monoisotopic (exact) mass is 258 g/mol. The number of hydrogen-bond acceptors (Lipinski definition) is 1. The fourth-order valence-electron chi connectivity index (χ4n) is 3.08. The predicted molar refractivity (Wildman–Crippen MR) is 80.4 cm³/mol. The summed E-state index contributed by atoms with van der Waals surface area (Å²) in [4.78, 5) is 12.3. The molecule has 2 unspecified atom stereocenters. The Morgan fingerprint density at radius 2 is 1.79 bits per heavy atom. The van der Waals surface area contributed by atoms with Gasteiger partial charge in [0.2, 0.25) is 0 Å². The van der Waals surface area contributed by atoms with E-state index in [1.54, 1.807) is 0 Å². The van der Waals surface area contributed by atoms with Crippen molar-refractivity contribution in [2.75, 3.05) is 0 Å². The van der Waals surface area contributed by atoms with Crippen molar-refractivity contribution in [2.45, 2.75) is 58.8 Å². The molecule has 0 heterocycles. The van der Waals surface area contributed by atoms with E-state index in [0.29, 0.717) is 24.0 Å². The summed E-state index contributed by atoms with van der Waals surface area (Å²) in [5.74, 6) is 1.33. The number of benzene rings is 1. The summed E-state index contributed by atoms with van der Waals surface area (Å²) >= 11 is 0. The van der Waals surface area contributed by atoms with E-state index in [2.05, 4.69) is 52.0 Å². The van der Waals surface area contributed by atoms with E-state index in [1.165, 1.54) is 18.4 Å². The Morgan fingerprint density at radius 3 is 2.26 bits per heavy atom. The summed E-state index contributed by atoms with van der Waals surface area (Å²) < 4.78 is 0. The van der Waals surface area contributed by atoms with Crippen molar-refractivity contribution in [1.82, 2.24) is 0 Å². The van der Waals surface area contributed by atoms with Crippen LogP contribution in [0.5, 0.6) is 0 Å². The second-order valence-corrected chi connectivity index (χ2v) is 7.10. The summed E-state index contributed by atoms with van der Waals surface area (Å²) in [5.41, 5.74) is 2.68. The summed E-state index contributed by atoms with van der Waals surface area (Å²) in [6, 6.07) is 8.58. The fourth-order valence-corrected chi connectivity index (χ4v) is 3.08. The Balaban J connectivity index is 2.02. The van der Waals surface area contributed by atoms with E-state index >= 15 is 0 Å². The van der Waals surface area contributed by atoms with Gasteiger partial charge in [0.15, 0.2) is 0 Å². The number of rotatable bonds is 3. The molecule has 1 saturated carbocycles. The zero-order valence-electron chi connectivity index (χ0n) is 12.7. The Labute approximate surface area is 117 Å². The van der Waals surface area contributed by atoms with Crippen molar-refractivity contribution >= 4 is 5.78 Å². The Morgan fingerprint density at radius 1 is 1.16 bits per heavy atom. The lowest BCUT2D eigenvalue weighted by Gasteiger charge is -2.19. The molecule has 0 N–H and O–H groups in total. The van der Waals surface area contributed by atoms with Crippen LogP contribution in [0.25, 0.3) is 0 Å². The minimum Gasteiger partial charge on any atom is -0.299 e. The maximum atomic E-state index is 12.3. The Hall–Kier alpha value is -1.11. The molecule has 0 aliphatic heterocycles. The van der Waals surface area contributed by atoms with E-state index in [4.69, 9.17) is 0 Å². The minimum atomic E-state index is 0.183. The van der Waals surface area contributed by atoms with Crippen LogP contribution in [0.2, 0.25) is 0 Å². The lowest BCUT2D eigenvalue weighted by atomic mass is 9.85. The molecule has 0 radical (unpaired) electrons. The molecule has 0 bridgehead atoms. The van der Waals surface area contributed by atoms with Crippen LogP contribution in [-0.2, 0) is 16.6 Å². The van der Waals surface area contributed by atoms with Crippen molar-refractivity contribution in [3.8, 4) is 0 Å². The maximum Gasteiger partial charge on any atom is 0.140 e. The third-order valence-corrected chi connectivity index (χ3v) is 4.47. The van der Waals surface area contributed by atoms with E-state index in [0.717, 1.165) is 12.0 Å². The first-order chi connectivity index (χ1) is 8.88. The first-order valence-electron chi connectivity index (χ1n) is 7.50. The molecule has 0 spiro atoms. The molecule has 104 valence electrons. The van der Waals surface area contributed by atoms with Gasteiger partial charge in [0, 0.05) is 12.3 Å². The quantitative estimate of drug-likeness (QED) is 0.778. The summed E-state index contributed by atoms with van der Waals surface area (Å²) in [5, 5.41) is 0. The molecule has 19 heavy (non-hydrogen) atoms. The third kappa shape index (κ3) is 3.46. The topological polar surface area (TPSA) is 17.1 Å². The highest BCUT2D eigenvalue weighted by atomic mass is 16.1. The van der Waals surface area contributed by atoms with E-state index < -0.39 is 0 Å². The first-order valence-corrected chi connectivity index (χ1v) is 7.50. The van der Waals surface area contributed by atoms with Crippen molar-refractivity contribution in [1.29, 1.82) is 0 Å². The maximum absolute atomic E-state index is 12.3. The molecule has 1 aromatic carbocycles. The highest BCUT2D eigenvalue weighted by Gasteiger charge is 2.29. The molecule has 2 rings (SSSR count). The zero-order chi connectivity index (χ0) is 14.0. The van der Waals surface area contributed by atoms with E-state index in [1.807, 2.05) is 0 Å².